The molecule has 6 aromatic rings. The van der Waals surface area contributed by atoms with Crippen molar-refractivity contribution in [2.75, 3.05) is 48.5 Å². The molecule has 10 heteroatoms. The van der Waals surface area contributed by atoms with E-state index in [1.54, 1.807) is 0 Å². The molecule has 2 N–H and O–H groups in total. The molecule has 0 amide bonds. The molecule has 0 spiro atoms. The average Bonchev–Trinajstić information content (AvgIpc) is 3.49. The van der Waals surface area contributed by atoms with Crippen LogP contribution < -0.4 is 15.1 Å². The predicted molar refractivity (Wildman–Crippen MR) is 167 cm³/mol. The third kappa shape index (κ3) is 5.08. The second kappa shape index (κ2) is 11.1. The fourth-order valence-corrected chi connectivity index (χ4v) is 5.24. The Morgan fingerprint density at radius 2 is 1.79 bits per heavy atom. The normalized spacial score (nSPS) is 13.5. The smallest absolute Gasteiger partial charge is 0.178 e. The Morgan fingerprint density at radius 1 is 0.905 bits per heavy atom. The van der Waals surface area contributed by atoms with E-state index >= 15 is 0 Å². The lowest BCUT2D eigenvalue weighted by Crippen LogP contribution is -2.36. The Morgan fingerprint density at radius 3 is 2.62 bits per heavy atom. The summed E-state index contributed by atoms with van der Waals surface area (Å²) in [5.74, 6) is 0.672. The summed E-state index contributed by atoms with van der Waals surface area (Å²) >= 11 is 0. The second-order valence-corrected chi connectivity index (χ2v) is 10.3. The SMILES string of the molecule is CCc1cc(N(C)c2cnc3nc(-c4ccc(Nc5ccnc6ccc(N7CCOCC7)cc56)cn4)[nH]c3c2)ccn1. The molecular formula is C32H31N9O. The molecule has 7 rings (SSSR count). The Balaban J connectivity index is 1.11. The Kier molecular flexibility index (Phi) is 6.81. The van der Waals surface area contributed by atoms with Crippen molar-refractivity contribution in [2.24, 2.45) is 0 Å². The van der Waals surface area contributed by atoms with Gasteiger partial charge in [0.1, 0.15) is 5.69 Å². The first kappa shape index (κ1) is 25.8. The molecule has 0 unspecified atom stereocenters. The summed E-state index contributed by atoms with van der Waals surface area (Å²) in [5, 5.41) is 4.59. The van der Waals surface area contributed by atoms with E-state index < -0.39 is 0 Å². The van der Waals surface area contributed by atoms with Gasteiger partial charge in [-0.05, 0) is 61.0 Å². The average molecular weight is 558 g/mol. The van der Waals surface area contributed by atoms with Crippen molar-refractivity contribution in [3.63, 3.8) is 0 Å². The highest BCUT2D eigenvalue weighted by molar-refractivity contribution is 5.95. The van der Waals surface area contributed by atoms with Gasteiger partial charge in [-0.15, -0.1) is 0 Å². The van der Waals surface area contributed by atoms with Gasteiger partial charge in [-0.2, -0.15) is 0 Å². The molecular weight excluding hydrogens is 526 g/mol. The fourth-order valence-electron chi connectivity index (χ4n) is 5.24. The van der Waals surface area contributed by atoms with Gasteiger partial charge in [-0.3, -0.25) is 15.0 Å². The second-order valence-electron chi connectivity index (χ2n) is 10.3. The summed E-state index contributed by atoms with van der Waals surface area (Å²) in [5.41, 5.74) is 9.29. The van der Waals surface area contributed by atoms with Gasteiger partial charge in [0, 0.05) is 60.7 Å². The number of anilines is 5. The first-order valence-electron chi connectivity index (χ1n) is 14.1. The number of fused-ring (bicyclic) bond motifs is 2. The molecule has 5 aromatic heterocycles. The lowest BCUT2D eigenvalue weighted by Gasteiger charge is -2.29. The van der Waals surface area contributed by atoms with E-state index in [0.29, 0.717) is 11.5 Å². The number of benzene rings is 1. The summed E-state index contributed by atoms with van der Waals surface area (Å²) in [4.78, 5) is 30.8. The number of ether oxygens (including phenoxy) is 1. The zero-order valence-corrected chi connectivity index (χ0v) is 23.6. The van der Waals surface area contributed by atoms with Crippen LogP contribution >= 0.6 is 0 Å². The van der Waals surface area contributed by atoms with Crippen LogP contribution in [0.25, 0.3) is 33.6 Å². The van der Waals surface area contributed by atoms with E-state index in [1.165, 1.54) is 5.69 Å². The topological polar surface area (TPSA) is 108 Å². The molecule has 1 aromatic carbocycles. The number of nitrogens with zero attached hydrogens (tertiary/aromatic N) is 7. The minimum atomic E-state index is 0.648. The maximum Gasteiger partial charge on any atom is 0.178 e. The molecule has 0 bridgehead atoms. The molecule has 1 saturated heterocycles. The van der Waals surface area contributed by atoms with Crippen LogP contribution in [0.15, 0.2) is 79.4 Å². The molecule has 0 saturated carbocycles. The maximum absolute atomic E-state index is 5.52. The summed E-state index contributed by atoms with van der Waals surface area (Å²) in [6.45, 7) is 5.38. The van der Waals surface area contributed by atoms with Crippen molar-refractivity contribution >= 4 is 50.5 Å². The zero-order valence-electron chi connectivity index (χ0n) is 23.6. The van der Waals surface area contributed by atoms with Crippen LogP contribution in [0, 0.1) is 0 Å². The predicted octanol–water partition coefficient (Wildman–Crippen LogP) is 5.87. The number of H-pyrrole nitrogens is 1. The number of imidazole rings is 1. The Bertz CT molecular complexity index is 1860. The van der Waals surface area contributed by atoms with Crippen molar-refractivity contribution in [1.29, 1.82) is 0 Å². The molecule has 0 aliphatic carbocycles. The standard InChI is InChI=1S/C32H31N9O/c1-3-21-16-23(8-10-33-21)40(2)25-18-30-31(36-20-25)39-32(38-30)29-6-4-22(19-35-29)37-28-9-11-34-27-7-5-24(17-26(27)28)41-12-14-42-15-13-41/h4-11,16-20H,3,12-15H2,1-2H3,(H,34,37)(H,36,38,39). The van der Waals surface area contributed by atoms with Crippen LogP contribution in [0.5, 0.6) is 0 Å². The lowest BCUT2D eigenvalue weighted by molar-refractivity contribution is 0.122. The van der Waals surface area contributed by atoms with Crippen LogP contribution in [0.2, 0.25) is 0 Å². The highest BCUT2D eigenvalue weighted by Gasteiger charge is 2.14. The third-order valence-corrected chi connectivity index (χ3v) is 7.65. The Hall–Kier alpha value is -5.09. The van der Waals surface area contributed by atoms with Crippen molar-refractivity contribution in [3.8, 4) is 11.5 Å². The van der Waals surface area contributed by atoms with Crippen molar-refractivity contribution < 1.29 is 4.74 Å². The van der Waals surface area contributed by atoms with Crippen LogP contribution in [0.4, 0.5) is 28.4 Å². The number of hydrogen-bond acceptors (Lipinski definition) is 9. The van der Waals surface area contributed by atoms with Gasteiger partial charge in [0.2, 0.25) is 0 Å². The first-order chi connectivity index (χ1) is 20.6. The number of aryl methyl sites for hydroxylation is 1. The van der Waals surface area contributed by atoms with E-state index in [1.807, 2.05) is 56.1 Å². The number of aromatic amines is 1. The van der Waals surface area contributed by atoms with E-state index in [0.717, 1.165) is 83.3 Å². The minimum Gasteiger partial charge on any atom is -0.378 e. The van der Waals surface area contributed by atoms with Gasteiger partial charge in [0.05, 0.1) is 48.0 Å². The number of hydrogen-bond donors (Lipinski definition) is 2. The lowest BCUT2D eigenvalue weighted by atomic mass is 10.1. The molecule has 1 aliphatic heterocycles. The fraction of sp³-hybridized carbons (Fsp3) is 0.219. The van der Waals surface area contributed by atoms with Gasteiger partial charge in [0.25, 0.3) is 0 Å². The molecule has 6 heterocycles. The Labute approximate surface area is 243 Å². The van der Waals surface area contributed by atoms with Crippen molar-refractivity contribution in [1.82, 2.24) is 29.9 Å². The third-order valence-electron chi connectivity index (χ3n) is 7.65. The number of morpholine rings is 1. The number of pyridine rings is 4. The molecule has 0 radical (unpaired) electrons. The molecule has 10 nitrogen and oxygen atoms in total. The largest absolute Gasteiger partial charge is 0.378 e. The highest BCUT2D eigenvalue weighted by atomic mass is 16.5. The van der Waals surface area contributed by atoms with Gasteiger partial charge < -0.3 is 24.8 Å². The van der Waals surface area contributed by atoms with Crippen LogP contribution in [0.3, 0.4) is 0 Å². The van der Waals surface area contributed by atoms with Crippen LogP contribution in [0.1, 0.15) is 12.6 Å². The first-order valence-corrected chi connectivity index (χ1v) is 14.1. The minimum absolute atomic E-state index is 0.648. The molecule has 42 heavy (non-hydrogen) atoms. The van der Waals surface area contributed by atoms with Crippen LogP contribution in [-0.2, 0) is 11.2 Å². The van der Waals surface area contributed by atoms with Gasteiger partial charge >= 0.3 is 0 Å². The number of nitrogens with one attached hydrogen (secondary N) is 2. The maximum atomic E-state index is 5.52. The molecule has 210 valence electrons. The quantitative estimate of drug-likeness (QED) is 0.249. The molecule has 1 fully saturated rings. The monoisotopic (exact) mass is 557 g/mol. The van der Waals surface area contributed by atoms with Gasteiger partial charge in [-0.25, -0.2) is 9.97 Å². The summed E-state index contributed by atoms with van der Waals surface area (Å²) in [6, 6.07) is 18.5. The van der Waals surface area contributed by atoms with E-state index in [9.17, 15) is 0 Å². The van der Waals surface area contributed by atoms with Gasteiger partial charge in [-0.1, -0.05) is 6.92 Å². The van der Waals surface area contributed by atoms with E-state index in [-0.39, 0.29) is 0 Å². The highest BCUT2D eigenvalue weighted by Crippen LogP contribution is 2.30. The number of aromatic nitrogens is 6. The summed E-state index contributed by atoms with van der Waals surface area (Å²) in [7, 11) is 2.03. The van der Waals surface area contributed by atoms with E-state index in [4.69, 9.17) is 14.7 Å². The number of rotatable bonds is 7. The zero-order chi connectivity index (χ0) is 28.5. The summed E-state index contributed by atoms with van der Waals surface area (Å²) < 4.78 is 5.52. The summed E-state index contributed by atoms with van der Waals surface area (Å²) in [6.07, 6.45) is 8.21. The molecule has 1 aliphatic rings. The van der Waals surface area contributed by atoms with Crippen LogP contribution in [-0.4, -0.2) is 63.3 Å². The van der Waals surface area contributed by atoms with E-state index in [2.05, 4.69) is 72.3 Å². The van der Waals surface area contributed by atoms with Crippen molar-refractivity contribution in [2.45, 2.75) is 13.3 Å². The van der Waals surface area contributed by atoms with Gasteiger partial charge in [0.15, 0.2) is 11.5 Å². The van der Waals surface area contributed by atoms with Crippen molar-refractivity contribution in [3.05, 3.63) is 85.1 Å². The molecule has 0 atom stereocenters.